The molecule has 0 saturated heterocycles. The third kappa shape index (κ3) is 3.34. The summed E-state index contributed by atoms with van der Waals surface area (Å²) in [6, 6.07) is 5.94. The number of aromatic nitrogens is 3. The van der Waals surface area contributed by atoms with Crippen LogP contribution < -0.4 is 4.90 Å². The number of carbonyl (C=O) groups is 1. The Kier molecular flexibility index (Phi) is 4.63. The lowest BCUT2D eigenvalue weighted by atomic mass is 10.0. The molecule has 1 aliphatic heterocycles. The molecule has 0 fully saturated rings. The molecule has 0 unspecified atom stereocenters. The Morgan fingerprint density at radius 3 is 2.37 bits per heavy atom. The van der Waals surface area contributed by atoms with Crippen LogP contribution in [0.4, 0.5) is 23.2 Å². The zero-order valence-corrected chi connectivity index (χ0v) is 16.5. The Bertz CT molecular complexity index is 1130. The van der Waals surface area contributed by atoms with Gasteiger partial charge in [-0.05, 0) is 56.7 Å². The average molecular weight is 418 g/mol. The van der Waals surface area contributed by atoms with Gasteiger partial charge in [-0.1, -0.05) is 0 Å². The first-order valence-electron chi connectivity index (χ1n) is 9.28. The molecule has 0 saturated carbocycles. The maximum atomic E-state index is 14.1. The predicted octanol–water partition coefficient (Wildman–Crippen LogP) is 4.94. The third-order valence-electron chi connectivity index (χ3n) is 5.07. The standard InChI is InChI=1S/C21H18F4N4O/c1-11-6-14(7-12(2)27-11)16-9-26-29-13(3)10-28(20(30)19(16)29)15-4-5-17(18(22)8-15)21(23,24)25/h4-9,13H,10H2,1-3H3/t13-/m0/s1. The summed E-state index contributed by atoms with van der Waals surface area (Å²) in [4.78, 5) is 18.9. The fourth-order valence-electron chi connectivity index (χ4n) is 3.79. The van der Waals surface area contributed by atoms with E-state index in [1.54, 1.807) is 10.9 Å². The second kappa shape index (κ2) is 6.93. The van der Waals surface area contributed by atoms with Gasteiger partial charge in [0.15, 0.2) is 0 Å². The highest BCUT2D eigenvalue weighted by Gasteiger charge is 2.37. The maximum absolute atomic E-state index is 14.1. The minimum Gasteiger partial charge on any atom is -0.305 e. The Balaban J connectivity index is 1.79. The van der Waals surface area contributed by atoms with E-state index in [0.717, 1.165) is 29.1 Å². The van der Waals surface area contributed by atoms with Gasteiger partial charge in [0.1, 0.15) is 11.5 Å². The molecule has 3 heterocycles. The van der Waals surface area contributed by atoms with Gasteiger partial charge in [-0.15, -0.1) is 0 Å². The van der Waals surface area contributed by atoms with Gasteiger partial charge in [0.05, 0.1) is 17.8 Å². The number of fused-ring (bicyclic) bond motifs is 1. The van der Waals surface area contributed by atoms with E-state index in [4.69, 9.17) is 0 Å². The average Bonchev–Trinajstić information content (AvgIpc) is 3.09. The van der Waals surface area contributed by atoms with E-state index >= 15 is 0 Å². The van der Waals surface area contributed by atoms with Gasteiger partial charge in [-0.25, -0.2) is 4.39 Å². The Labute approximate surface area is 170 Å². The number of nitrogens with zero attached hydrogens (tertiary/aromatic N) is 4. The van der Waals surface area contributed by atoms with E-state index in [1.807, 2.05) is 32.9 Å². The lowest BCUT2D eigenvalue weighted by Crippen LogP contribution is -2.43. The molecule has 1 amide bonds. The molecule has 0 radical (unpaired) electrons. The summed E-state index contributed by atoms with van der Waals surface area (Å²) in [7, 11) is 0. The van der Waals surface area contributed by atoms with Crippen molar-refractivity contribution in [1.29, 1.82) is 0 Å². The summed E-state index contributed by atoms with van der Waals surface area (Å²) in [5.41, 5.74) is 1.93. The highest BCUT2D eigenvalue weighted by atomic mass is 19.4. The van der Waals surface area contributed by atoms with E-state index in [0.29, 0.717) is 17.3 Å². The number of hydrogen-bond donors (Lipinski definition) is 0. The molecule has 0 spiro atoms. The predicted molar refractivity (Wildman–Crippen MR) is 103 cm³/mol. The Hall–Kier alpha value is -3.23. The number of aryl methyl sites for hydroxylation is 2. The highest BCUT2D eigenvalue weighted by Crippen LogP contribution is 2.36. The summed E-state index contributed by atoms with van der Waals surface area (Å²) >= 11 is 0. The molecule has 0 aliphatic carbocycles. The lowest BCUT2D eigenvalue weighted by Gasteiger charge is -2.32. The van der Waals surface area contributed by atoms with Gasteiger partial charge < -0.3 is 4.90 Å². The number of hydrogen-bond acceptors (Lipinski definition) is 3. The zero-order chi connectivity index (χ0) is 21.8. The molecule has 30 heavy (non-hydrogen) atoms. The number of benzene rings is 1. The molecule has 1 aromatic carbocycles. The van der Waals surface area contributed by atoms with Gasteiger partial charge in [-0.2, -0.15) is 18.3 Å². The molecular formula is C21H18F4N4O. The van der Waals surface area contributed by atoms with Crippen molar-refractivity contribution in [2.75, 3.05) is 11.4 Å². The van der Waals surface area contributed by atoms with Crippen LogP contribution in [0.2, 0.25) is 0 Å². The van der Waals surface area contributed by atoms with Crippen molar-refractivity contribution in [2.24, 2.45) is 0 Å². The minimum absolute atomic E-state index is 0.0674. The first-order chi connectivity index (χ1) is 14.1. The zero-order valence-electron chi connectivity index (χ0n) is 16.5. The smallest absolute Gasteiger partial charge is 0.305 e. The van der Waals surface area contributed by atoms with Crippen LogP contribution in [-0.2, 0) is 6.18 Å². The van der Waals surface area contributed by atoms with Gasteiger partial charge in [0.2, 0.25) is 0 Å². The topological polar surface area (TPSA) is 51.0 Å². The van der Waals surface area contributed by atoms with Gasteiger partial charge in [0.25, 0.3) is 5.91 Å². The summed E-state index contributed by atoms with van der Waals surface area (Å²) in [6.45, 7) is 5.68. The number of halogens is 4. The van der Waals surface area contributed by atoms with Crippen molar-refractivity contribution in [3.8, 4) is 11.1 Å². The van der Waals surface area contributed by atoms with Crippen molar-refractivity contribution in [3.05, 3.63) is 65.0 Å². The first kappa shape index (κ1) is 20.1. The second-order valence-corrected chi connectivity index (χ2v) is 7.42. The normalized spacial score (nSPS) is 16.7. The molecule has 3 aromatic rings. The molecule has 4 rings (SSSR count). The number of anilines is 1. The van der Waals surface area contributed by atoms with E-state index in [2.05, 4.69) is 10.1 Å². The van der Waals surface area contributed by atoms with Crippen LogP contribution in [0.25, 0.3) is 11.1 Å². The van der Waals surface area contributed by atoms with Crippen molar-refractivity contribution in [1.82, 2.24) is 14.8 Å². The minimum atomic E-state index is -4.80. The SMILES string of the molecule is Cc1cc(-c2cnn3c2C(=O)N(c2ccc(C(F)(F)F)c(F)c2)C[C@@H]3C)cc(C)n1. The fraction of sp³-hybridized carbons (Fsp3) is 0.286. The molecule has 5 nitrogen and oxygen atoms in total. The summed E-state index contributed by atoms with van der Waals surface area (Å²) in [5, 5.41) is 4.34. The van der Waals surface area contributed by atoms with Crippen molar-refractivity contribution >= 4 is 11.6 Å². The van der Waals surface area contributed by atoms with Crippen LogP contribution in [0.1, 0.15) is 40.4 Å². The van der Waals surface area contributed by atoms with E-state index in [9.17, 15) is 22.4 Å². The Morgan fingerprint density at radius 1 is 1.10 bits per heavy atom. The quantitative estimate of drug-likeness (QED) is 0.554. The van der Waals surface area contributed by atoms with Crippen LogP contribution in [-0.4, -0.2) is 27.2 Å². The number of pyridine rings is 1. The van der Waals surface area contributed by atoms with Gasteiger partial charge in [0, 0.05) is 29.2 Å². The van der Waals surface area contributed by atoms with Crippen LogP contribution in [0.15, 0.2) is 36.5 Å². The second-order valence-electron chi connectivity index (χ2n) is 7.42. The Morgan fingerprint density at radius 2 is 1.77 bits per heavy atom. The fourth-order valence-corrected chi connectivity index (χ4v) is 3.79. The van der Waals surface area contributed by atoms with Crippen LogP contribution in [0.3, 0.4) is 0 Å². The lowest BCUT2D eigenvalue weighted by molar-refractivity contribution is -0.139. The van der Waals surface area contributed by atoms with Crippen LogP contribution in [0, 0.1) is 19.7 Å². The molecule has 0 N–H and O–H groups in total. The van der Waals surface area contributed by atoms with Crippen molar-refractivity contribution in [3.63, 3.8) is 0 Å². The maximum Gasteiger partial charge on any atom is 0.419 e. The molecule has 2 aromatic heterocycles. The van der Waals surface area contributed by atoms with Crippen LogP contribution >= 0.6 is 0 Å². The van der Waals surface area contributed by atoms with Crippen molar-refractivity contribution in [2.45, 2.75) is 33.0 Å². The van der Waals surface area contributed by atoms with Gasteiger partial charge in [-0.3, -0.25) is 14.5 Å². The molecule has 9 heteroatoms. The first-order valence-corrected chi connectivity index (χ1v) is 9.28. The van der Waals surface area contributed by atoms with E-state index in [-0.39, 0.29) is 18.3 Å². The van der Waals surface area contributed by atoms with E-state index in [1.165, 1.54) is 4.90 Å². The highest BCUT2D eigenvalue weighted by molar-refractivity contribution is 6.09. The van der Waals surface area contributed by atoms with Crippen molar-refractivity contribution < 1.29 is 22.4 Å². The van der Waals surface area contributed by atoms with Crippen LogP contribution in [0.5, 0.6) is 0 Å². The number of alkyl halides is 3. The molecule has 0 bridgehead atoms. The molecule has 156 valence electrons. The number of amides is 1. The molecule has 1 atom stereocenters. The van der Waals surface area contributed by atoms with E-state index < -0.39 is 23.5 Å². The summed E-state index contributed by atoms with van der Waals surface area (Å²) in [5.74, 6) is -1.87. The number of rotatable bonds is 2. The third-order valence-corrected chi connectivity index (χ3v) is 5.07. The van der Waals surface area contributed by atoms with Gasteiger partial charge >= 0.3 is 6.18 Å². The molecule has 1 aliphatic rings. The monoisotopic (exact) mass is 418 g/mol. The summed E-state index contributed by atoms with van der Waals surface area (Å²) in [6.07, 6.45) is -3.21. The number of carbonyl (C=O) groups excluding carboxylic acids is 1. The summed E-state index contributed by atoms with van der Waals surface area (Å²) < 4.78 is 54.4. The molecular weight excluding hydrogens is 400 g/mol. The largest absolute Gasteiger partial charge is 0.419 e.